The van der Waals surface area contributed by atoms with Gasteiger partial charge in [-0.15, -0.1) is 0 Å². The third-order valence-electron chi connectivity index (χ3n) is 6.40. The fraction of sp³-hybridized carbons (Fsp3) is 0.103. The Bertz CT molecular complexity index is 1860. The molecule has 0 radical (unpaired) electrons. The predicted octanol–water partition coefficient (Wildman–Crippen LogP) is 5.50. The summed E-state index contributed by atoms with van der Waals surface area (Å²) in [5.41, 5.74) is 4.75. The minimum atomic E-state index is -0.287. The maximum absolute atomic E-state index is 13.6. The number of benzene rings is 2. The summed E-state index contributed by atoms with van der Waals surface area (Å²) in [6.07, 6.45) is 5.24. The monoisotopic (exact) mass is 489 g/mol. The van der Waals surface area contributed by atoms with E-state index in [1.54, 1.807) is 31.7 Å². The number of rotatable bonds is 5. The molecule has 4 aromatic heterocycles. The Morgan fingerprint density at radius 2 is 1.86 bits per heavy atom. The molecule has 0 fully saturated rings. The van der Waals surface area contributed by atoms with Crippen LogP contribution in [0.25, 0.3) is 39.1 Å². The van der Waals surface area contributed by atoms with Crippen molar-refractivity contribution < 1.29 is 9.15 Å². The summed E-state index contributed by atoms with van der Waals surface area (Å²) < 4.78 is 15.0. The highest BCUT2D eigenvalue weighted by atomic mass is 16.5. The molecule has 0 amide bonds. The summed E-state index contributed by atoms with van der Waals surface area (Å²) in [6.45, 7) is 4.03. The maximum Gasteiger partial charge on any atom is 0.282 e. The predicted molar refractivity (Wildman–Crippen MR) is 144 cm³/mol. The number of para-hydroxylation sites is 1. The first-order valence-corrected chi connectivity index (χ1v) is 11.8. The third kappa shape index (κ3) is 3.79. The van der Waals surface area contributed by atoms with Gasteiger partial charge in [-0.25, -0.2) is 4.98 Å². The van der Waals surface area contributed by atoms with Crippen LogP contribution in [0.15, 0.2) is 93.4 Å². The second-order valence-electron chi connectivity index (χ2n) is 8.67. The molecule has 0 saturated carbocycles. The van der Waals surface area contributed by atoms with Gasteiger partial charge in [0.05, 0.1) is 41.5 Å². The molecule has 6 rings (SSSR count). The highest BCUT2D eigenvalue weighted by Crippen LogP contribution is 2.33. The smallest absolute Gasteiger partial charge is 0.282 e. The summed E-state index contributed by atoms with van der Waals surface area (Å²) >= 11 is 0. The molecule has 4 heterocycles. The van der Waals surface area contributed by atoms with Gasteiger partial charge in [0.25, 0.3) is 5.56 Å². The molecule has 6 aromatic rings. The average Bonchev–Trinajstić information content (AvgIpc) is 3.48. The van der Waals surface area contributed by atoms with Crippen molar-refractivity contribution in [2.75, 3.05) is 7.11 Å². The number of nitrogens with zero attached hydrogens (tertiary/aromatic N) is 5. The van der Waals surface area contributed by atoms with Crippen molar-refractivity contribution in [3.05, 3.63) is 106 Å². The van der Waals surface area contributed by atoms with Gasteiger partial charge < -0.3 is 13.7 Å². The van der Waals surface area contributed by atoms with Gasteiger partial charge in [0.15, 0.2) is 5.76 Å². The number of methoxy groups -OCH3 is 1. The van der Waals surface area contributed by atoms with Crippen molar-refractivity contribution in [1.29, 1.82) is 0 Å². The Labute approximate surface area is 212 Å². The number of furan rings is 1. The minimum absolute atomic E-state index is 0.287. The van der Waals surface area contributed by atoms with Crippen LogP contribution in [0.1, 0.15) is 17.0 Å². The molecule has 2 aromatic carbocycles. The van der Waals surface area contributed by atoms with E-state index >= 15 is 0 Å². The summed E-state index contributed by atoms with van der Waals surface area (Å²) in [5, 5.41) is 5.88. The SMILES string of the molecule is COc1cccc2oc(-c3nc4ccccc4c(=O)n3N=Cc3cc(C)n(-c4cccnc4)c3C)cc12. The van der Waals surface area contributed by atoms with E-state index in [-0.39, 0.29) is 5.56 Å². The largest absolute Gasteiger partial charge is 0.496 e. The lowest BCUT2D eigenvalue weighted by Crippen LogP contribution is -2.20. The van der Waals surface area contributed by atoms with Gasteiger partial charge in [-0.2, -0.15) is 9.78 Å². The Balaban J connectivity index is 1.53. The summed E-state index contributed by atoms with van der Waals surface area (Å²) in [4.78, 5) is 22.6. The maximum atomic E-state index is 13.6. The molecule has 0 aliphatic heterocycles. The lowest BCUT2D eigenvalue weighted by Gasteiger charge is -2.09. The van der Waals surface area contributed by atoms with E-state index in [4.69, 9.17) is 14.1 Å². The number of pyridine rings is 1. The second kappa shape index (κ2) is 8.91. The van der Waals surface area contributed by atoms with Crippen LogP contribution in [0, 0.1) is 13.8 Å². The zero-order chi connectivity index (χ0) is 25.5. The molecule has 8 heteroatoms. The first kappa shape index (κ1) is 22.5. The van der Waals surface area contributed by atoms with Crippen LogP contribution in [0.5, 0.6) is 5.75 Å². The molecule has 0 saturated heterocycles. The van der Waals surface area contributed by atoms with E-state index in [0.717, 1.165) is 28.0 Å². The van der Waals surface area contributed by atoms with Crippen LogP contribution in [0.3, 0.4) is 0 Å². The molecule has 0 unspecified atom stereocenters. The lowest BCUT2D eigenvalue weighted by molar-refractivity contribution is 0.419. The quantitative estimate of drug-likeness (QED) is 0.298. The van der Waals surface area contributed by atoms with Crippen molar-refractivity contribution in [1.82, 2.24) is 19.2 Å². The molecule has 0 N–H and O–H groups in total. The average molecular weight is 490 g/mol. The number of hydrogen-bond acceptors (Lipinski definition) is 6. The highest BCUT2D eigenvalue weighted by molar-refractivity contribution is 5.89. The lowest BCUT2D eigenvalue weighted by atomic mass is 10.2. The first-order valence-electron chi connectivity index (χ1n) is 11.8. The van der Waals surface area contributed by atoms with E-state index in [2.05, 4.69) is 14.7 Å². The van der Waals surface area contributed by atoms with Crippen molar-refractivity contribution in [2.45, 2.75) is 13.8 Å². The Kier molecular flexibility index (Phi) is 5.41. The van der Waals surface area contributed by atoms with Crippen molar-refractivity contribution in [3.8, 4) is 23.0 Å². The first-order chi connectivity index (χ1) is 18.0. The Morgan fingerprint density at radius 1 is 1.00 bits per heavy atom. The van der Waals surface area contributed by atoms with E-state index < -0.39 is 0 Å². The van der Waals surface area contributed by atoms with Crippen LogP contribution in [0.2, 0.25) is 0 Å². The van der Waals surface area contributed by atoms with Gasteiger partial charge in [-0.05, 0) is 62.4 Å². The summed E-state index contributed by atoms with van der Waals surface area (Å²) in [6, 6.07) is 20.5. The zero-order valence-corrected chi connectivity index (χ0v) is 20.5. The minimum Gasteiger partial charge on any atom is -0.496 e. The van der Waals surface area contributed by atoms with E-state index in [1.165, 1.54) is 4.68 Å². The van der Waals surface area contributed by atoms with Crippen LogP contribution < -0.4 is 10.3 Å². The fourth-order valence-electron chi connectivity index (χ4n) is 4.63. The van der Waals surface area contributed by atoms with Gasteiger partial charge in [0.2, 0.25) is 5.82 Å². The standard InChI is InChI=1S/C29H23N5O3/c1-18-14-20(19(2)33(18)21-8-7-13-30-17-21)16-31-34-28(32-24-10-5-4-9-22(24)29(34)35)27-15-23-25(36-3)11-6-12-26(23)37-27/h4-17H,1-3H3. The molecule has 0 atom stereocenters. The van der Waals surface area contributed by atoms with E-state index in [9.17, 15) is 4.79 Å². The second-order valence-corrected chi connectivity index (χ2v) is 8.67. The normalized spacial score (nSPS) is 11.6. The number of ether oxygens (including phenoxy) is 1. The molecule has 0 spiro atoms. The van der Waals surface area contributed by atoms with Gasteiger partial charge in [-0.3, -0.25) is 9.78 Å². The van der Waals surface area contributed by atoms with Crippen molar-refractivity contribution in [3.63, 3.8) is 0 Å². The van der Waals surface area contributed by atoms with Crippen molar-refractivity contribution in [2.24, 2.45) is 5.10 Å². The van der Waals surface area contributed by atoms with Crippen LogP contribution >= 0.6 is 0 Å². The molecular weight excluding hydrogens is 466 g/mol. The van der Waals surface area contributed by atoms with Crippen molar-refractivity contribution >= 4 is 28.1 Å². The molecule has 182 valence electrons. The Morgan fingerprint density at radius 3 is 2.68 bits per heavy atom. The summed E-state index contributed by atoms with van der Waals surface area (Å²) in [7, 11) is 1.61. The number of aromatic nitrogens is 4. The molecule has 0 bridgehead atoms. The van der Waals surface area contributed by atoms with E-state index in [0.29, 0.717) is 33.8 Å². The topological polar surface area (TPSA) is 87.4 Å². The highest BCUT2D eigenvalue weighted by Gasteiger charge is 2.18. The zero-order valence-electron chi connectivity index (χ0n) is 20.5. The van der Waals surface area contributed by atoms with Gasteiger partial charge in [0, 0.05) is 23.1 Å². The van der Waals surface area contributed by atoms with Crippen LogP contribution in [-0.2, 0) is 0 Å². The van der Waals surface area contributed by atoms with Gasteiger partial charge >= 0.3 is 0 Å². The molecule has 0 aliphatic rings. The van der Waals surface area contributed by atoms with E-state index in [1.807, 2.05) is 74.6 Å². The molecular formula is C29H23N5O3. The Hall–Kier alpha value is -4.98. The van der Waals surface area contributed by atoms with Crippen LogP contribution in [0.4, 0.5) is 0 Å². The summed E-state index contributed by atoms with van der Waals surface area (Å²) in [5.74, 6) is 1.40. The third-order valence-corrected chi connectivity index (χ3v) is 6.40. The van der Waals surface area contributed by atoms with Gasteiger partial charge in [0.1, 0.15) is 11.3 Å². The number of aryl methyl sites for hydroxylation is 1. The number of fused-ring (bicyclic) bond motifs is 2. The molecule has 0 aliphatic carbocycles. The number of hydrogen-bond donors (Lipinski definition) is 0. The fourth-order valence-corrected chi connectivity index (χ4v) is 4.63. The van der Waals surface area contributed by atoms with Gasteiger partial charge in [-0.1, -0.05) is 18.2 Å². The molecule has 8 nitrogen and oxygen atoms in total. The van der Waals surface area contributed by atoms with Crippen LogP contribution in [-0.4, -0.2) is 32.5 Å². The molecule has 37 heavy (non-hydrogen) atoms.